The number of hydrogen-bond acceptors (Lipinski definition) is 1. The number of benzene rings is 1. The van der Waals surface area contributed by atoms with E-state index in [0.717, 1.165) is 0 Å². The molecule has 0 atom stereocenters. The molecule has 1 aromatic rings. The van der Waals surface area contributed by atoms with E-state index in [-0.39, 0.29) is 0 Å². The predicted molar refractivity (Wildman–Crippen MR) is 47.7 cm³/mol. The first-order valence-electron chi connectivity index (χ1n) is 2.86. The van der Waals surface area contributed by atoms with Gasteiger partial charge >= 0.3 is 0 Å². The van der Waals surface area contributed by atoms with Gasteiger partial charge in [-0.1, -0.05) is 11.6 Å². The number of rotatable bonds is 1. The summed E-state index contributed by atoms with van der Waals surface area (Å²) in [6.45, 7) is 0. The van der Waals surface area contributed by atoms with E-state index >= 15 is 0 Å². The molecule has 0 fully saturated rings. The molecule has 0 bridgehead atoms. The highest BCUT2D eigenvalue weighted by molar-refractivity contribution is 9.10. The van der Waals surface area contributed by atoms with Gasteiger partial charge in [-0.25, -0.2) is 0 Å². The van der Waals surface area contributed by atoms with Gasteiger partial charge in [0, 0.05) is 9.50 Å². The number of primary amides is 1. The van der Waals surface area contributed by atoms with E-state index < -0.39 is 5.91 Å². The number of halogens is 2. The first-order chi connectivity index (χ1) is 5.11. The van der Waals surface area contributed by atoms with Crippen LogP contribution in [0, 0.1) is 0 Å². The molecule has 0 aromatic heterocycles. The molecule has 0 aliphatic heterocycles. The van der Waals surface area contributed by atoms with Gasteiger partial charge in [-0.05, 0) is 34.1 Å². The van der Waals surface area contributed by atoms with Crippen LogP contribution in [-0.2, 0) is 0 Å². The minimum atomic E-state index is -0.464. The third-order valence-corrected chi connectivity index (χ3v) is 2.09. The third kappa shape index (κ3) is 1.94. The molecule has 0 spiro atoms. The van der Waals surface area contributed by atoms with Gasteiger partial charge in [0.05, 0.1) is 5.56 Å². The Bertz CT molecular complexity index is 300. The second-order valence-corrected chi connectivity index (χ2v) is 3.28. The molecule has 0 aliphatic carbocycles. The van der Waals surface area contributed by atoms with Crippen molar-refractivity contribution in [2.75, 3.05) is 0 Å². The minimum Gasteiger partial charge on any atom is -0.366 e. The summed E-state index contributed by atoms with van der Waals surface area (Å²) in [5, 5.41) is 0.571. The van der Waals surface area contributed by atoms with Crippen molar-refractivity contribution in [3.63, 3.8) is 0 Å². The Hall–Kier alpha value is -0.540. The number of carbonyl (C=O) groups excluding carboxylic acids is 1. The van der Waals surface area contributed by atoms with Crippen molar-refractivity contribution in [3.05, 3.63) is 33.3 Å². The van der Waals surface area contributed by atoms with Gasteiger partial charge in [-0.15, -0.1) is 0 Å². The lowest BCUT2D eigenvalue weighted by Crippen LogP contribution is -2.11. The quantitative estimate of drug-likeness (QED) is 0.795. The molecule has 1 aromatic carbocycles. The van der Waals surface area contributed by atoms with Crippen LogP contribution in [0.15, 0.2) is 22.7 Å². The molecule has 58 valence electrons. The highest BCUT2D eigenvalue weighted by atomic mass is 79.9. The van der Waals surface area contributed by atoms with Crippen molar-refractivity contribution < 1.29 is 4.79 Å². The van der Waals surface area contributed by atoms with Gasteiger partial charge in [0.1, 0.15) is 0 Å². The molecule has 0 unspecified atom stereocenters. The smallest absolute Gasteiger partial charge is 0.249 e. The molecule has 0 radical (unpaired) electrons. The van der Waals surface area contributed by atoms with Gasteiger partial charge in [-0.3, -0.25) is 4.79 Å². The van der Waals surface area contributed by atoms with Gasteiger partial charge in [0.15, 0.2) is 0 Å². The highest BCUT2D eigenvalue weighted by Gasteiger charge is 2.04. The maximum absolute atomic E-state index is 10.7. The molecule has 11 heavy (non-hydrogen) atoms. The monoisotopic (exact) mass is 233 g/mol. The first kappa shape index (κ1) is 8.56. The molecule has 4 heteroatoms. The second-order valence-electron chi connectivity index (χ2n) is 1.99. The molecule has 0 heterocycles. The largest absolute Gasteiger partial charge is 0.366 e. The van der Waals surface area contributed by atoms with Crippen molar-refractivity contribution in [2.45, 2.75) is 0 Å². The zero-order valence-corrected chi connectivity index (χ0v) is 7.82. The van der Waals surface area contributed by atoms with Gasteiger partial charge in [0.25, 0.3) is 0 Å². The summed E-state index contributed by atoms with van der Waals surface area (Å²) in [6, 6.07) is 4.82. The van der Waals surface area contributed by atoms with E-state index in [2.05, 4.69) is 15.9 Å². The van der Waals surface area contributed by atoms with E-state index in [9.17, 15) is 4.79 Å². The summed E-state index contributed by atoms with van der Waals surface area (Å²) in [6.07, 6.45) is 0. The Balaban J connectivity index is 3.20. The second kappa shape index (κ2) is 3.24. The molecule has 0 aliphatic rings. The van der Waals surface area contributed by atoms with Crippen LogP contribution in [0.4, 0.5) is 0 Å². The summed E-state index contributed by atoms with van der Waals surface area (Å²) in [7, 11) is 0. The Morgan fingerprint density at radius 2 is 2.18 bits per heavy atom. The Labute approximate surface area is 77.5 Å². The molecule has 1 amide bonds. The fraction of sp³-hybridized carbons (Fsp3) is 0. The fourth-order valence-corrected chi connectivity index (χ4v) is 1.57. The lowest BCUT2D eigenvalue weighted by atomic mass is 10.2. The average Bonchev–Trinajstić information content (AvgIpc) is 1.85. The molecular formula is C7H5BrClNO. The average molecular weight is 234 g/mol. The summed E-state index contributed by atoms with van der Waals surface area (Å²) in [5.74, 6) is -0.464. The molecule has 2 nitrogen and oxygen atoms in total. The lowest BCUT2D eigenvalue weighted by Gasteiger charge is -1.98. The van der Waals surface area contributed by atoms with E-state index in [1.54, 1.807) is 18.2 Å². The Kier molecular flexibility index (Phi) is 2.52. The van der Waals surface area contributed by atoms with Crippen LogP contribution in [0.3, 0.4) is 0 Å². The minimum absolute atomic E-state index is 0.439. The molecule has 0 saturated heterocycles. The molecular weight excluding hydrogens is 229 g/mol. The van der Waals surface area contributed by atoms with Crippen LogP contribution < -0.4 is 5.73 Å². The number of hydrogen-bond donors (Lipinski definition) is 1. The van der Waals surface area contributed by atoms with E-state index in [4.69, 9.17) is 17.3 Å². The SMILES string of the molecule is NC(=O)c1ccc(Cl)cc1Br. The number of nitrogens with two attached hydrogens (primary N) is 1. The van der Waals surface area contributed by atoms with E-state index in [1.165, 1.54) is 0 Å². The first-order valence-corrected chi connectivity index (χ1v) is 4.03. The highest BCUT2D eigenvalue weighted by Crippen LogP contribution is 2.20. The van der Waals surface area contributed by atoms with Crippen LogP contribution in [0.5, 0.6) is 0 Å². The lowest BCUT2D eigenvalue weighted by molar-refractivity contribution is 0.0999. The zero-order valence-electron chi connectivity index (χ0n) is 5.47. The Morgan fingerprint density at radius 3 is 2.64 bits per heavy atom. The fourth-order valence-electron chi connectivity index (χ4n) is 0.689. The zero-order chi connectivity index (χ0) is 8.43. The summed E-state index contributed by atoms with van der Waals surface area (Å²) in [4.78, 5) is 10.7. The molecule has 2 N–H and O–H groups in total. The van der Waals surface area contributed by atoms with E-state index in [0.29, 0.717) is 15.1 Å². The van der Waals surface area contributed by atoms with E-state index in [1.807, 2.05) is 0 Å². The van der Waals surface area contributed by atoms with Crippen LogP contribution in [0.25, 0.3) is 0 Å². The summed E-state index contributed by atoms with van der Waals surface area (Å²) in [5.41, 5.74) is 5.49. The summed E-state index contributed by atoms with van der Waals surface area (Å²) >= 11 is 8.80. The number of amides is 1. The molecule has 1 rings (SSSR count). The van der Waals surface area contributed by atoms with Crippen molar-refractivity contribution >= 4 is 33.4 Å². The van der Waals surface area contributed by atoms with Crippen LogP contribution in [0.1, 0.15) is 10.4 Å². The predicted octanol–water partition coefficient (Wildman–Crippen LogP) is 2.20. The maximum atomic E-state index is 10.7. The Morgan fingerprint density at radius 1 is 1.55 bits per heavy atom. The third-order valence-electron chi connectivity index (χ3n) is 1.20. The van der Waals surface area contributed by atoms with Gasteiger partial charge in [-0.2, -0.15) is 0 Å². The topological polar surface area (TPSA) is 43.1 Å². The van der Waals surface area contributed by atoms with Crippen molar-refractivity contribution in [1.82, 2.24) is 0 Å². The number of carbonyl (C=O) groups is 1. The van der Waals surface area contributed by atoms with Crippen LogP contribution >= 0.6 is 27.5 Å². The summed E-state index contributed by atoms with van der Waals surface area (Å²) < 4.78 is 0.623. The maximum Gasteiger partial charge on any atom is 0.249 e. The standard InChI is InChI=1S/C7H5BrClNO/c8-6-3-4(9)1-2-5(6)7(10)11/h1-3H,(H2,10,11). The van der Waals surface area contributed by atoms with Gasteiger partial charge in [0.2, 0.25) is 5.91 Å². The normalized spacial score (nSPS) is 9.64. The van der Waals surface area contributed by atoms with Crippen molar-refractivity contribution in [1.29, 1.82) is 0 Å². The van der Waals surface area contributed by atoms with Crippen LogP contribution in [-0.4, -0.2) is 5.91 Å². The van der Waals surface area contributed by atoms with Gasteiger partial charge < -0.3 is 5.73 Å². The van der Waals surface area contributed by atoms with Crippen LogP contribution in [0.2, 0.25) is 5.02 Å². The van der Waals surface area contributed by atoms with Crippen molar-refractivity contribution in [3.8, 4) is 0 Å². The molecule has 0 saturated carbocycles. The van der Waals surface area contributed by atoms with Crippen molar-refractivity contribution in [2.24, 2.45) is 5.73 Å².